The number of carbonyl (C=O) groups is 3. The summed E-state index contributed by atoms with van der Waals surface area (Å²) < 4.78 is 0. The Morgan fingerprint density at radius 2 is 1.54 bits per heavy atom. The zero-order valence-electron chi connectivity index (χ0n) is 13.9. The van der Waals surface area contributed by atoms with Crippen LogP contribution in [0.5, 0.6) is 0 Å². The first kappa shape index (κ1) is 21.6. The number of rotatable bonds is 8. The van der Waals surface area contributed by atoms with Gasteiger partial charge in [0.25, 0.3) is 0 Å². The normalized spacial score (nSPS) is 11.1. The van der Waals surface area contributed by atoms with Gasteiger partial charge in [-0.05, 0) is 30.5 Å². The van der Waals surface area contributed by atoms with Crippen LogP contribution in [0.15, 0.2) is 18.2 Å². The predicted octanol–water partition coefficient (Wildman–Crippen LogP) is 2.98. The number of hydrogen-bond acceptors (Lipinski definition) is 4. The highest BCUT2D eigenvalue weighted by molar-refractivity contribution is 6.03. The molecular weight excluding hydrogens is 316 g/mol. The second-order valence-electron chi connectivity index (χ2n) is 5.27. The van der Waals surface area contributed by atoms with Gasteiger partial charge in [0, 0.05) is 6.61 Å². The number of hydrogen-bond donors (Lipinski definition) is 4. The Balaban J connectivity index is 0.000000506. The van der Waals surface area contributed by atoms with Crippen LogP contribution in [0.25, 0.3) is 0 Å². The summed E-state index contributed by atoms with van der Waals surface area (Å²) >= 11 is 0. The minimum Gasteiger partial charge on any atom is -0.478 e. The summed E-state index contributed by atoms with van der Waals surface area (Å²) in [6.07, 6.45) is 4.83. The maximum Gasteiger partial charge on any atom is 0.336 e. The molecule has 0 aliphatic carbocycles. The molecule has 0 radical (unpaired) electrons. The van der Waals surface area contributed by atoms with Crippen LogP contribution < -0.4 is 0 Å². The molecule has 7 nitrogen and oxygen atoms in total. The minimum absolute atomic E-state index is 0.266. The van der Waals surface area contributed by atoms with Crippen LogP contribution in [-0.2, 0) is 0 Å². The SMILES string of the molecule is CCCCC(CC)CO.O=C(O)c1ccc(C(=O)O)c(C(=O)O)c1. The second-order valence-corrected chi connectivity index (χ2v) is 5.27. The molecule has 1 atom stereocenters. The molecule has 1 unspecified atom stereocenters. The van der Waals surface area contributed by atoms with Gasteiger partial charge < -0.3 is 20.4 Å². The van der Waals surface area contributed by atoms with E-state index in [4.69, 9.17) is 20.4 Å². The number of carboxylic acid groups (broad SMARTS) is 3. The quantitative estimate of drug-likeness (QED) is 0.572. The van der Waals surface area contributed by atoms with Gasteiger partial charge in [-0.25, -0.2) is 14.4 Å². The van der Waals surface area contributed by atoms with Crippen LogP contribution in [-0.4, -0.2) is 44.9 Å². The number of aromatic carboxylic acids is 3. The molecule has 4 N–H and O–H groups in total. The molecule has 0 fully saturated rings. The number of carboxylic acids is 3. The first-order valence-corrected chi connectivity index (χ1v) is 7.73. The van der Waals surface area contributed by atoms with Gasteiger partial charge in [-0.2, -0.15) is 0 Å². The minimum atomic E-state index is -1.48. The fraction of sp³-hybridized carbons (Fsp3) is 0.471. The Kier molecular flexibility index (Phi) is 10.1. The highest BCUT2D eigenvalue weighted by Gasteiger charge is 2.17. The van der Waals surface area contributed by atoms with Gasteiger partial charge >= 0.3 is 17.9 Å². The zero-order valence-corrected chi connectivity index (χ0v) is 13.9. The lowest BCUT2D eigenvalue weighted by Crippen LogP contribution is -2.10. The number of aliphatic hydroxyl groups is 1. The Labute approximate surface area is 140 Å². The fourth-order valence-corrected chi connectivity index (χ4v) is 1.96. The van der Waals surface area contributed by atoms with Gasteiger partial charge in [-0.15, -0.1) is 0 Å². The van der Waals surface area contributed by atoms with Gasteiger partial charge in [-0.1, -0.05) is 33.1 Å². The van der Waals surface area contributed by atoms with E-state index in [1.54, 1.807) is 0 Å². The van der Waals surface area contributed by atoms with Crippen molar-refractivity contribution in [1.29, 1.82) is 0 Å². The average molecular weight is 340 g/mol. The molecule has 0 saturated heterocycles. The van der Waals surface area contributed by atoms with Crippen molar-refractivity contribution in [3.05, 3.63) is 34.9 Å². The van der Waals surface area contributed by atoms with E-state index in [-0.39, 0.29) is 5.56 Å². The Morgan fingerprint density at radius 3 is 1.92 bits per heavy atom. The van der Waals surface area contributed by atoms with Crippen molar-refractivity contribution >= 4 is 17.9 Å². The molecule has 24 heavy (non-hydrogen) atoms. The van der Waals surface area contributed by atoms with Gasteiger partial charge in [0.05, 0.1) is 16.7 Å². The van der Waals surface area contributed by atoms with Crippen LogP contribution in [0.2, 0.25) is 0 Å². The maximum atomic E-state index is 10.6. The molecule has 1 aromatic carbocycles. The van der Waals surface area contributed by atoms with E-state index in [9.17, 15) is 14.4 Å². The molecule has 0 saturated carbocycles. The number of unbranched alkanes of at least 4 members (excludes halogenated alkanes) is 1. The molecular formula is C17H24O7. The molecule has 7 heteroatoms. The molecule has 0 aliphatic heterocycles. The molecule has 1 aromatic rings. The molecule has 0 bridgehead atoms. The van der Waals surface area contributed by atoms with Crippen molar-refractivity contribution in [2.24, 2.45) is 5.92 Å². The highest BCUT2D eigenvalue weighted by Crippen LogP contribution is 2.13. The summed E-state index contributed by atoms with van der Waals surface area (Å²) in [4.78, 5) is 31.8. The third kappa shape index (κ3) is 7.23. The van der Waals surface area contributed by atoms with Crippen molar-refractivity contribution < 1.29 is 34.8 Å². The smallest absolute Gasteiger partial charge is 0.336 e. The van der Waals surface area contributed by atoms with E-state index in [1.807, 2.05) is 0 Å². The number of aliphatic hydroxyl groups excluding tert-OH is 1. The largest absolute Gasteiger partial charge is 0.478 e. The summed E-state index contributed by atoms with van der Waals surface area (Å²) in [5, 5.41) is 34.6. The third-order valence-corrected chi connectivity index (χ3v) is 3.53. The van der Waals surface area contributed by atoms with Gasteiger partial charge in [0.2, 0.25) is 0 Å². The molecule has 134 valence electrons. The lowest BCUT2D eigenvalue weighted by atomic mass is 10.0. The summed E-state index contributed by atoms with van der Waals surface area (Å²) in [7, 11) is 0. The van der Waals surface area contributed by atoms with Crippen LogP contribution in [0.3, 0.4) is 0 Å². The molecule has 0 spiro atoms. The average Bonchev–Trinajstić information content (AvgIpc) is 2.55. The Morgan fingerprint density at radius 1 is 0.958 bits per heavy atom. The summed E-state index contributed by atoms with van der Waals surface area (Å²) in [6.45, 7) is 4.69. The first-order chi connectivity index (χ1) is 11.3. The van der Waals surface area contributed by atoms with E-state index >= 15 is 0 Å². The van der Waals surface area contributed by atoms with Crippen molar-refractivity contribution in [3.8, 4) is 0 Å². The fourth-order valence-electron chi connectivity index (χ4n) is 1.96. The predicted molar refractivity (Wildman–Crippen MR) is 87.7 cm³/mol. The molecule has 0 aliphatic rings. The van der Waals surface area contributed by atoms with E-state index in [0.29, 0.717) is 12.5 Å². The monoisotopic (exact) mass is 340 g/mol. The van der Waals surface area contributed by atoms with E-state index in [1.165, 1.54) is 19.3 Å². The van der Waals surface area contributed by atoms with Gasteiger partial charge in [0.15, 0.2) is 0 Å². The van der Waals surface area contributed by atoms with Crippen molar-refractivity contribution in [2.75, 3.05) is 6.61 Å². The molecule has 0 amide bonds. The topological polar surface area (TPSA) is 132 Å². The van der Waals surface area contributed by atoms with Crippen molar-refractivity contribution in [2.45, 2.75) is 39.5 Å². The Bertz CT molecular complexity index is 562. The van der Waals surface area contributed by atoms with Crippen LogP contribution in [0.4, 0.5) is 0 Å². The van der Waals surface area contributed by atoms with Crippen LogP contribution in [0, 0.1) is 5.92 Å². The van der Waals surface area contributed by atoms with Crippen LogP contribution in [0.1, 0.15) is 70.6 Å². The summed E-state index contributed by atoms with van der Waals surface area (Å²) in [5.41, 5.74) is -1.24. The van der Waals surface area contributed by atoms with E-state index < -0.39 is 29.0 Å². The maximum absolute atomic E-state index is 10.6. The highest BCUT2D eigenvalue weighted by atomic mass is 16.4. The standard InChI is InChI=1S/C9H6O6.C8H18O/c10-7(11)4-1-2-5(8(12)13)6(3-4)9(14)15;1-3-5-6-8(4-2)7-9/h1-3H,(H,10,11)(H,12,13)(H,14,15);8-9H,3-7H2,1-2H3. The summed E-state index contributed by atoms with van der Waals surface area (Å²) in [5.74, 6) is -3.64. The van der Waals surface area contributed by atoms with E-state index in [2.05, 4.69) is 13.8 Å². The van der Waals surface area contributed by atoms with Gasteiger partial charge in [-0.3, -0.25) is 0 Å². The molecule has 1 rings (SSSR count). The molecule has 0 heterocycles. The summed E-state index contributed by atoms with van der Waals surface area (Å²) in [6, 6.07) is 2.81. The van der Waals surface area contributed by atoms with Crippen LogP contribution >= 0.6 is 0 Å². The Hall–Kier alpha value is -2.41. The number of benzene rings is 1. The van der Waals surface area contributed by atoms with Crippen molar-refractivity contribution in [1.82, 2.24) is 0 Å². The van der Waals surface area contributed by atoms with E-state index in [0.717, 1.165) is 24.6 Å². The lowest BCUT2D eigenvalue weighted by molar-refractivity contribution is 0.0649. The third-order valence-electron chi connectivity index (χ3n) is 3.53. The van der Waals surface area contributed by atoms with Crippen molar-refractivity contribution in [3.63, 3.8) is 0 Å². The molecule has 0 aromatic heterocycles. The second kappa shape index (κ2) is 11.2. The first-order valence-electron chi connectivity index (χ1n) is 7.73. The zero-order chi connectivity index (χ0) is 18.7. The lowest BCUT2D eigenvalue weighted by Gasteiger charge is -2.08. The van der Waals surface area contributed by atoms with Gasteiger partial charge in [0.1, 0.15) is 0 Å².